The third-order valence-electron chi connectivity index (χ3n) is 22.5. The van der Waals surface area contributed by atoms with Crippen LogP contribution >= 0.6 is 0 Å². The zero-order chi connectivity index (χ0) is 86.5. The van der Waals surface area contributed by atoms with Crippen LogP contribution in [0.3, 0.4) is 0 Å². The maximum absolute atomic E-state index is 16.3. The Kier molecular flexibility index (Phi) is 32.8. The summed E-state index contributed by atoms with van der Waals surface area (Å²) in [5.74, 6) is -11.9. The number of ether oxygens (including phenoxy) is 2. The Bertz CT molecular complexity index is 4460. The summed E-state index contributed by atoms with van der Waals surface area (Å²) >= 11 is 0. The number of hydrogen-bond donors (Lipinski definition) is 9. The summed E-state index contributed by atoms with van der Waals surface area (Å²) < 4.78 is 62.0. The Morgan fingerprint density at radius 3 is 2.07 bits per heavy atom. The van der Waals surface area contributed by atoms with Crippen molar-refractivity contribution in [1.82, 2.24) is 56.5 Å². The largest absolute Gasteiger partial charge is 0.497 e. The summed E-state index contributed by atoms with van der Waals surface area (Å²) in [6.07, 6.45) is -2.04. The number of ketones is 2. The second-order valence-electron chi connectivity index (χ2n) is 32.9. The van der Waals surface area contributed by atoms with Crippen LogP contribution in [-0.2, 0) is 112 Å². The Hall–Kier alpha value is -10.7. The van der Waals surface area contributed by atoms with Gasteiger partial charge in [0.25, 0.3) is 0 Å². The van der Waals surface area contributed by atoms with Gasteiger partial charge in [0.2, 0.25) is 59.1 Å². The standard InChI is InChI=1S/C84H111FN12O15.C2HF3O2/c1-53-43-63(100)28-33-73(102)94-39-13-9-8-12-38-93-51-60(65-48-61(85)26-32-70(65)93)47-69-81(108)95-41-35-71(112-52-72(101)87-49-59-18-15-17-58(44-59)46-67(78(105)90-69)89-77(104)66(88-76(53)103)31-27-62(99)19-11-10-14-42-97(4,5)6)75(95)80(107)92-74(54(2)98)79(106)91-68(45-56-24-29-64(111-7)30-25-56)82(109)96-40-16-36-84(96,3)83(110)86-37-34-55-20-22-57(50-94)23-21-55;3-2(4,5)1(6)7/h15,17-18,20-26,29-30,32,44,48,51,53-54,66-69,71,74-75,98H,8-14,16,19,27-28,31,33-43,45-47,49-50,52H2,1-7H3,(H6-,86,87,88,89,90,91,92,101,103,104,105,106,107,110);(H,6,7)/p+1/t53-,54-,66-,67?,68+,69+,71+,74+,75+,84+;/m1./s1. The van der Waals surface area contributed by atoms with Crippen LogP contribution < -0.4 is 42.0 Å². The van der Waals surface area contributed by atoms with Gasteiger partial charge in [-0.05, 0) is 142 Å². The molecule has 0 spiro atoms. The van der Waals surface area contributed by atoms with Crippen molar-refractivity contribution in [2.24, 2.45) is 5.92 Å². The minimum atomic E-state index is -5.08. The molecule has 0 aliphatic carbocycles. The van der Waals surface area contributed by atoms with Gasteiger partial charge in [-0.1, -0.05) is 80.4 Å². The molecule has 1 aromatic heterocycles. The number of Topliss-reactive ketones (excluding diaryl/α,β-unsaturated/α-hetero) is 2. The number of aliphatic hydroxyl groups excluding tert-OH is 1. The van der Waals surface area contributed by atoms with Crippen molar-refractivity contribution in [3.05, 3.63) is 136 Å². The molecule has 0 radical (unpaired) electrons. The summed E-state index contributed by atoms with van der Waals surface area (Å²) in [6.45, 7) is 5.66. The number of nitrogens with one attached hydrogen (secondary N) is 7. The number of fused-ring (bicyclic) bond motifs is 16. The monoisotopic (exact) mass is 1660 g/mol. The normalized spacial score (nSPS) is 24.2. The van der Waals surface area contributed by atoms with E-state index in [0.29, 0.717) is 96.9 Å². The number of quaternary nitrogens is 1. The van der Waals surface area contributed by atoms with E-state index in [4.69, 9.17) is 19.4 Å². The first kappa shape index (κ1) is 92.2. The lowest BCUT2D eigenvalue weighted by molar-refractivity contribution is -0.870. The molecular weight excluding hydrogens is 1550 g/mol. The maximum Gasteiger partial charge on any atom is 0.490 e. The summed E-state index contributed by atoms with van der Waals surface area (Å²) in [5, 5.41) is 39.1. The maximum atomic E-state index is 16.3. The van der Waals surface area contributed by atoms with Gasteiger partial charge in [0, 0.05) is 120 Å². The van der Waals surface area contributed by atoms with E-state index in [1.165, 1.54) is 38.0 Å². The predicted octanol–water partition coefficient (Wildman–Crippen LogP) is 5.52. The van der Waals surface area contributed by atoms with Crippen molar-refractivity contribution in [2.45, 2.75) is 229 Å². The van der Waals surface area contributed by atoms with Crippen molar-refractivity contribution < 1.29 is 104 Å². The summed E-state index contributed by atoms with van der Waals surface area (Å²) in [6, 6.07) is 15.8. The number of nitrogens with zero attached hydrogens (tertiary/aromatic N) is 5. The van der Waals surface area contributed by atoms with Crippen LogP contribution in [-0.4, -0.2) is 238 Å². The summed E-state index contributed by atoms with van der Waals surface area (Å²) in [4.78, 5) is 192. The molecular formula is C86H113F4N12O17+. The van der Waals surface area contributed by atoms with Crippen molar-refractivity contribution in [1.29, 1.82) is 0 Å². The van der Waals surface area contributed by atoms with Crippen LogP contribution in [0, 0.1) is 11.7 Å². The highest BCUT2D eigenvalue weighted by atomic mass is 19.4. The number of unbranched alkanes of at least 4 members (excludes halogenated alkanes) is 2. The highest BCUT2D eigenvalue weighted by molar-refractivity contribution is 6.00. The number of amides is 10. The molecule has 6 aliphatic rings. The minimum absolute atomic E-state index is 0.0612. The van der Waals surface area contributed by atoms with Gasteiger partial charge >= 0.3 is 12.1 Å². The first-order valence-electron chi connectivity index (χ1n) is 40.9. The quantitative estimate of drug-likeness (QED) is 0.0398. The lowest BCUT2D eigenvalue weighted by Crippen LogP contribution is -2.64. The average Bonchev–Trinajstić information content (AvgIpc) is 1.66. The number of methoxy groups -OCH3 is 1. The van der Waals surface area contributed by atoms with E-state index < -0.39 is 138 Å². The number of aromatic nitrogens is 1. The third kappa shape index (κ3) is 26.4. The van der Waals surface area contributed by atoms with Gasteiger partial charge in [-0.25, -0.2) is 9.18 Å². The van der Waals surface area contributed by atoms with Crippen molar-refractivity contribution in [3.63, 3.8) is 0 Å². The molecule has 2 saturated heterocycles. The fourth-order valence-electron chi connectivity index (χ4n) is 15.8. The third-order valence-corrected chi connectivity index (χ3v) is 22.5. The number of halogens is 4. The van der Waals surface area contributed by atoms with E-state index in [-0.39, 0.29) is 121 Å². The topological polar surface area (TPSA) is 380 Å². The number of alkyl halides is 3. The SMILES string of the molecule is COc1ccc(C[C@@H]2NC(=O)[C@H]([C@@H](C)O)NC(=O)[C@@H]3[C@@H]4CCN3C(=O)[C@@H]3Cc5cn(c6ccc(F)cc56)CCCCCCN(Cc5ccc(cc5)CCNC(=O)[C@]5(C)CCCN5C2=O)C(=O)CCC(=O)C[C@@H](C)C(=O)N[C@H](CCC(=O)CCCCC[N+](C)(C)C)C(=O)NC(Cc2cccc(c2)CNC(=O)CO4)C(=O)N3)cc1.O=C(O)C(F)(F)F. The van der Waals surface area contributed by atoms with Gasteiger partial charge in [-0.2, -0.15) is 13.2 Å². The van der Waals surface area contributed by atoms with Gasteiger partial charge in [-0.3, -0.25) is 57.5 Å². The van der Waals surface area contributed by atoms with Crippen molar-refractivity contribution in [3.8, 4) is 5.75 Å². The Morgan fingerprint density at radius 2 is 1.37 bits per heavy atom. The molecule has 2 fully saturated rings. The van der Waals surface area contributed by atoms with Crippen LogP contribution in [0.2, 0.25) is 0 Å². The number of benzene rings is 4. The minimum Gasteiger partial charge on any atom is -0.497 e. The van der Waals surface area contributed by atoms with Crippen LogP contribution in [0.25, 0.3) is 10.9 Å². The zero-order valence-corrected chi connectivity index (χ0v) is 68.7. The first-order valence-corrected chi connectivity index (χ1v) is 40.9. The molecule has 9 N–H and O–H groups in total. The van der Waals surface area contributed by atoms with Crippen LogP contribution in [0.4, 0.5) is 17.6 Å². The molecule has 1 unspecified atom stereocenters. The Morgan fingerprint density at radius 1 is 0.681 bits per heavy atom. The highest BCUT2D eigenvalue weighted by Gasteiger charge is 2.50. The van der Waals surface area contributed by atoms with Crippen LogP contribution in [0.15, 0.2) is 97.2 Å². The molecule has 5 aromatic rings. The van der Waals surface area contributed by atoms with Gasteiger partial charge < -0.3 is 80.7 Å². The number of carbonyl (C=O) groups is 13. The van der Waals surface area contributed by atoms with Crippen LogP contribution in [0.5, 0.6) is 5.75 Å². The molecule has 10 amide bonds. The van der Waals surface area contributed by atoms with E-state index in [2.05, 4.69) is 58.4 Å². The number of aryl methyl sites for hydroxylation is 1. The van der Waals surface area contributed by atoms with Gasteiger partial charge in [0.15, 0.2) is 0 Å². The van der Waals surface area contributed by atoms with Gasteiger partial charge in [0.1, 0.15) is 71.5 Å². The van der Waals surface area contributed by atoms with E-state index in [1.807, 2.05) is 28.8 Å². The van der Waals surface area contributed by atoms with E-state index in [0.717, 1.165) is 39.9 Å². The number of hydrogen-bond acceptors (Lipinski definition) is 16. The predicted molar refractivity (Wildman–Crippen MR) is 429 cm³/mol. The second kappa shape index (κ2) is 42.3. The summed E-state index contributed by atoms with van der Waals surface area (Å²) in [5.41, 5.74) is 2.88. The number of rotatable bonds is 13. The molecule has 119 heavy (non-hydrogen) atoms. The van der Waals surface area contributed by atoms with Gasteiger partial charge in [0.05, 0.1) is 47.0 Å². The molecule has 4 aromatic carbocycles. The molecule has 29 nitrogen and oxygen atoms in total. The van der Waals surface area contributed by atoms with E-state index in [9.17, 15) is 47.0 Å². The second-order valence-corrected chi connectivity index (χ2v) is 32.9. The molecule has 7 heterocycles. The number of aliphatic carboxylic acids is 1. The lowest BCUT2D eigenvalue weighted by Gasteiger charge is -2.37. The lowest BCUT2D eigenvalue weighted by atomic mass is 9.95. The Balaban J connectivity index is 0.00000220. The number of carboxylic acids is 1. The van der Waals surface area contributed by atoms with E-state index in [1.54, 1.807) is 72.6 Å². The number of aliphatic hydroxyl groups is 1. The Labute approximate surface area is 689 Å². The highest BCUT2D eigenvalue weighted by Crippen LogP contribution is 2.33. The molecule has 33 heteroatoms. The number of carbonyl (C=O) groups excluding carboxylic acids is 12. The van der Waals surface area contributed by atoms with E-state index >= 15 is 33.2 Å². The molecule has 12 bridgehead atoms. The molecule has 6 aliphatic heterocycles. The van der Waals surface area contributed by atoms with Crippen molar-refractivity contribution in [2.75, 3.05) is 67.6 Å². The average molecular weight is 1660 g/mol. The van der Waals surface area contributed by atoms with Crippen molar-refractivity contribution >= 4 is 87.5 Å². The molecule has 646 valence electrons. The zero-order valence-electron chi connectivity index (χ0n) is 68.7. The van der Waals surface area contributed by atoms with Gasteiger partial charge in [-0.15, -0.1) is 0 Å². The van der Waals surface area contributed by atoms with Crippen LogP contribution in [0.1, 0.15) is 157 Å². The molecule has 11 rings (SSSR count). The smallest absolute Gasteiger partial charge is 0.490 e. The first-order chi connectivity index (χ1) is 56.5. The fraction of sp³-hybridized carbons (Fsp3) is 0.547. The number of carboxylic acid groups (broad SMARTS) is 1. The summed E-state index contributed by atoms with van der Waals surface area (Å²) in [7, 11) is 7.75. The molecule has 10 atom stereocenters. The molecule has 0 saturated carbocycles. The fourth-order valence-corrected chi connectivity index (χ4v) is 15.8.